The van der Waals surface area contributed by atoms with E-state index in [9.17, 15) is 4.79 Å². The smallest absolute Gasteiger partial charge is 0.258 e. The lowest BCUT2D eigenvalue weighted by Gasteiger charge is -2.35. The Balaban J connectivity index is 1.38. The Hall–Kier alpha value is -2.83. The maximum atomic E-state index is 13.5. The third-order valence-electron chi connectivity index (χ3n) is 5.58. The van der Waals surface area contributed by atoms with Crippen LogP contribution in [0.3, 0.4) is 0 Å². The first-order valence-electron chi connectivity index (χ1n) is 10.4. The van der Waals surface area contributed by atoms with Crippen molar-refractivity contribution in [1.82, 2.24) is 9.88 Å². The summed E-state index contributed by atoms with van der Waals surface area (Å²) >= 11 is 7.76. The normalized spacial score (nSPS) is 14.4. The van der Waals surface area contributed by atoms with Crippen molar-refractivity contribution in [2.24, 2.45) is 0 Å². The number of aromatic nitrogens is 1. The Morgan fingerprint density at radius 1 is 1.10 bits per heavy atom. The number of benzene rings is 3. The third-order valence-corrected chi connectivity index (χ3v) is 6.90. The zero-order valence-electron chi connectivity index (χ0n) is 17.2. The number of carbonyl (C=O) groups is 1. The van der Waals surface area contributed by atoms with E-state index in [2.05, 4.69) is 4.90 Å². The highest BCUT2D eigenvalue weighted by Crippen LogP contribution is 2.33. The number of hydrogen-bond acceptors (Lipinski definition) is 5. The number of fused-ring (bicyclic) bond motifs is 2. The molecule has 1 aromatic heterocycles. The molecule has 1 saturated heterocycles. The predicted octanol–water partition coefficient (Wildman–Crippen LogP) is 5.46. The maximum Gasteiger partial charge on any atom is 0.258 e. The minimum absolute atomic E-state index is 0.0241. The fourth-order valence-corrected chi connectivity index (χ4v) is 5.32. The first-order chi connectivity index (χ1) is 15.1. The molecule has 1 amide bonds. The van der Waals surface area contributed by atoms with Gasteiger partial charge in [0.1, 0.15) is 5.75 Å². The van der Waals surface area contributed by atoms with Crippen LogP contribution in [-0.2, 0) is 0 Å². The van der Waals surface area contributed by atoms with E-state index in [0.717, 1.165) is 44.2 Å². The Kier molecular flexibility index (Phi) is 5.42. The van der Waals surface area contributed by atoms with Crippen LogP contribution in [0.15, 0.2) is 54.6 Å². The fourth-order valence-electron chi connectivity index (χ4n) is 4.03. The van der Waals surface area contributed by atoms with E-state index in [-0.39, 0.29) is 5.91 Å². The summed E-state index contributed by atoms with van der Waals surface area (Å²) < 4.78 is 6.90. The monoisotopic (exact) mass is 451 g/mol. The van der Waals surface area contributed by atoms with Gasteiger partial charge in [-0.15, -0.1) is 0 Å². The number of rotatable bonds is 4. The molecule has 158 valence electrons. The topological polar surface area (TPSA) is 45.7 Å². The summed E-state index contributed by atoms with van der Waals surface area (Å²) in [5, 5.41) is 3.67. The minimum atomic E-state index is 0.0241. The molecule has 0 spiro atoms. The van der Waals surface area contributed by atoms with Gasteiger partial charge in [0, 0.05) is 31.2 Å². The molecule has 3 aromatic carbocycles. The number of piperazine rings is 1. The van der Waals surface area contributed by atoms with Crippen molar-refractivity contribution in [1.29, 1.82) is 0 Å². The first kappa shape index (κ1) is 20.1. The number of ether oxygens (including phenoxy) is 1. The van der Waals surface area contributed by atoms with Gasteiger partial charge in [-0.25, -0.2) is 4.98 Å². The largest absolute Gasteiger partial charge is 0.493 e. The summed E-state index contributed by atoms with van der Waals surface area (Å²) in [6.45, 7) is 5.23. The van der Waals surface area contributed by atoms with Crippen molar-refractivity contribution in [3.8, 4) is 5.75 Å². The van der Waals surface area contributed by atoms with Crippen molar-refractivity contribution < 1.29 is 9.53 Å². The van der Waals surface area contributed by atoms with Gasteiger partial charge >= 0.3 is 0 Å². The van der Waals surface area contributed by atoms with E-state index >= 15 is 0 Å². The molecule has 0 atom stereocenters. The van der Waals surface area contributed by atoms with Crippen LogP contribution < -0.4 is 9.64 Å². The molecule has 0 radical (unpaired) electrons. The van der Waals surface area contributed by atoms with Crippen LogP contribution in [0.5, 0.6) is 5.75 Å². The summed E-state index contributed by atoms with van der Waals surface area (Å²) in [4.78, 5) is 22.4. The van der Waals surface area contributed by atoms with Crippen molar-refractivity contribution in [2.75, 3.05) is 37.7 Å². The second-order valence-electron chi connectivity index (χ2n) is 7.48. The molecule has 0 bridgehead atoms. The average Bonchev–Trinajstić information content (AvgIpc) is 3.22. The SMILES string of the molecule is CCOc1ccc2ccccc2c1C(=O)N1CCN(c2nc3ccc(Cl)cc3s2)CC1. The molecule has 1 aliphatic heterocycles. The van der Waals surface area contributed by atoms with Gasteiger partial charge in [0.25, 0.3) is 5.91 Å². The highest BCUT2D eigenvalue weighted by molar-refractivity contribution is 7.22. The van der Waals surface area contributed by atoms with Crippen LogP contribution in [0.2, 0.25) is 5.02 Å². The van der Waals surface area contributed by atoms with E-state index < -0.39 is 0 Å². The summed E-state index contributed by atoms with van der Waals surface area (Å²) in [6, 6.07) is 17.7. The van der Waals surface area contributed by atoms with Crippen LogP contribution >= 0.6 is 22.9 Å². The van der Waals surface area contributed by atoms with Gasteiger partial charge in [-0.2, -0.15) is 0 Å². The standard InChI is InChI=1S/C24H22ClN3O2S/c1-2-30-20-10-7-16-5-3-4-6-18(16)22(20)23(29)27-11-13-28(14-12-27)24-26-19-9-8-17(25)15-21(19)31-24/h3-10,15H,2,11-14H2,1H3. The second kappa shape index (κ2) is 8.36. The molecule has 0 N–H and O–H groups in total. The molecular weight excluding hydrogens is 430 g/mol. The number of carbonyl (C=O) groups excluding carboxylic acids is 1. The highest BCUT2D eigenvalue weighted by atomic mass is 35.5. The highest BCUT2D eigenvalue weighted by Gasteiger charge is 2.27. The van der Waals surface area contributed by atoms with Crippen LogP contribution in [0.1, 0.15) is 17.3 Å². The predicted molar refractivity (Wildman–Crippen MR) is 128 cm³/mol. The molecule has 1 fully saturated rings. The Morgan fingerprint density at radius 3 is 2.71 bits per heavy atom. The molecular formula is C24H22ClN3O2S. The van der Waals surface area contributed by atoms with E-state index in [4.69, 9.17) is 21.3 Å². The summed E-state index contributed by atoms with van der Waals surface area (Å²) in [6.07, 6.45) is 0. The fraction of sp³-hybridized carbons (Fsp3) is 0.250. The van der Waals surface area contributed by atoms with Gasteiger partial charge in [0.15, 0.2) is 5.13 Å². The van der Waals surface area contributed by atoms with Crippen LogP contribution in [0.25, 0.3) is 21.0 Å². The van der Waals surface area contributed by atoms with Gasteiger partial charge in [-0.05, 0) is 42.0 Å². The maximum absolute atomic E-state index is 13.5. The zero-order valence-corrected chi connectivity index (χ0v) is 18.7. The number of anilines is 1. The van der Waals surface area contributed by atoms with Crippen LogP contribution in [-0.4, -0.2) is 48.6 Å². The first-order valence-corrected chi connectivity index (χ1v) is 11.6. The van der Waals surface area contributed by atoms with Crippen molar-refractivity contribution in [2.45, 2.75) is 6.92 Å². The minimum Gasteiger partial charge on any atom is -0.493 e. The lowest BCUT2D eigenvalue weighted by atomic mass is 10.0. The summed E-state index contributed by atoms with van der Waals surface area (Å²) in [5.41, 5.74) is 1.61. The Bertz CT molecular complexity index is 1260. The van der Waals surface area contributed by atoms with Gasteiger partial charge in [0.05, 0.1) is 22.4 Å². The molecule has 0 aliphatic carbocycles. The van der Waals surface area contributed by atoms with Gasteiger partial charge in [-0.1, -0.05) is 53.3 Å². The molecule has 1 aliphatic rings. The van der Waals surface area contributed by atoms with E-state index in [1.54, 1.807) is 11.3 Å². The molecule has 0 saturated carbocycles. The number of nitrogens with zero attached hydrogens (tertiary/aromatic N) is 3. The average molecular weight is 452 g/mol. The Labute approximate surface area is 189 Å². The quantitative estimate of drug-likeness (QED) is 0.413. The molecule has 4 aromatic rings. The molecule has 5 nitrogen and oxygen atoms in total. The second-order valence-corrected chi connectivity index (χ2v) is 8.93. The number of amides is 1. The third kappa shape index (κ3) is 3.82. The van der Waals surface area contributed by atoms with E-state index in [0.29, 0.717) is 31.0 Å². The van der Waals surface area contributed by atoms with Crippen LogP contribution in [0.4, 0.5) is 5.13 Å². The van der Waals surface area contributed by atoms with Crippen molar-refractivity contribution in [3.05, 3.63) is 65.2 Å². The molecule has 31 heavy (non-hydrogen) atoms. The molecule has 7 heteroatoms. The molecule has 2 heterocycles. The van der Waals surface area contributed by atoms with Gasteiger partial charge < -0.3 is 14.5 Å². The number of thiazole rings is 1. The zero-order chi connectivity index (χ0) is 21.4. The van der Waals surface area contributed by atoms with Crippen molar-refractivity contribution in [3.63, 3.8) is 0 Å². The van der Waals surface area contributed by atoms with E-state index in [1.807, 2.05) is 66.4 Å². The number of halogens is 1. The Morgan fingerprint density at radius 2 is 1.90 bits per heavy atom. The van der Waals surface area contributed by atoms with E-state index in [1.165, 1.54) is 0 Å². The summed E-state index contributed by atoms with van der Waals surface area (Å²) in [5.74, 6) is 0.674. The lowest BCUT2D eigenvalue weighted by Crippen LogP contribution is -2.48. The van der Waals surface area contributed by atoms with Gasteiger partial charge in [0.2, 0.25) is 0 Å². The molecule has 0 unspecified atom stereocenters. The lowest BCUT2D eigenvalue weighted by molar-refractivity contribution is 0.0744. The number of hydrogen-bond donors (Lipinski definition) is 0. The van der Waals surface area contributed by atoms with Gasteiger partial charge in [-0.3, -0.25) is 4.79 Å². The van der Waals surface area contributed by atoms with Crippen LogP contribution in [0, 0.1) is 0 Å². The molecule has 5 rings (SSSR count). The van der Waals surface area contributed by atoms with Crippen molar-refractivity contribution >= 4 is 55.0 Å². The summed E-state index contributed by atoms with van der Waals surface area (Å²) in [7, 11) is 0.